The highest BCUT2D eigenvalue weighted by Crippen LogP contribution is 2.28. The van der Waals surface area contributed by atoms with Gasteiger partial charge in [-0.1, -0.05) is 30.3 Å². The van der Waals surface area contributed by atoms with E-state index in [0.29, 0.717) is 9.99 Å². The summed E-state index contributed by atoms with van der Waals surface area (Å²) in [5.74, 6) is -0.310. The number of esters is 1. The number of thiophene rings is 1. The molecule has 0 fully saturated rings. The first-order valence-corrected chi connectivity index (χ1v) is 10.0. The van der Waals surface area contributed by atoms with Gasteiger partial charge in [0.15, 0.2) is 5.11 Å². The lowest BCUT2D eigenvalue weighted by Crippen LogP contribution is -2.36. The normalized spacial score (nSPS) is 11.8. The molecule has 1 aromatic heterocycles. The quantitative estimate of drug-likeness (QED) is 0.452. The van der Waals surface area contributed by atoms with Crippen LogP contribution in [-0.2, 0) is 11.2 Å². The Balaban J connectivity index is 1.56. The van der Waals surface area contributed by atoms with Gasteiger partial charge < -0.3 is 15.4 Å². The molecule has 3 rings (SSSR count). The summed E-state index contributed by atoms with van der Waals surface area (Å²) >= 11 is 6.86. The molecule has 0 spiro atoms. The van der Waals surface area contributed by atoms with E-state index >= 15 is 0 Å². The summed E-state index contributed by atoms with van der Waals surface area (Å²) in [4.78, 5) is 12.3. The largest absolute Gasteiger partial charge is 0.465 e. The second kappa shape index (κ2) is 8.97. The minimum Gasteiger partial charge on any atom is -0.465 e. The lowest BCUT2D eigenvalue weighted by Gasteiger charge is -2.17. The SMILES string of the molecule is COC(=O)c1cc2cc(NC(=S)N[C@@H](C)CCc3ccccc3)ccc2s1. The van der Waals surface area contributed by atoms with Crippen LogP contribution in [0.4, 0.5) is 5.69 Å². The van der Waals surface area contributed by atoms with Gasteiger partial charge in [-0.25, -0.2) is 4.79 Å². The first-order valence-electron chi connectivity index (χ1n) is 8.78. The zero-order valence-corrected chi connectivity index (χ0v) is 17.0. The number of carbonyl (C=O) groups is 1. The summed E-state index contributed by atoms with van der Waals surface area (Å²) in [5, 5.41) is 8.14. The standard InChI is InChI=1S/C21H22N2O2S2/c1-14(8-9-15-6-4-3-5-7-15)22-21(26)23-17-10-11-18-16(12-17)13-19(27-18)20(24)25-2/h3-7,10-14H,8-9H2,1-2H3,(H2,22,23,26)/t14-/m0/s1. The van der Waals surface area contributed by atoms with Crippen molar-refractivity contribution in [1.82, 2.24) is 5.32 Å². The summed E-state index contributed by atoms with van der Waals surface area (Å²) in [7, 11) is 1.39. The number of ether oxygens (including phenoxy) is 1. The van der Waals surface area contributed by atoms with Crippen molar-refractivity contribution in [3.63, 3.8) is 0 Å². The van der Waals surface area contributed by atoms with Gasteiger partial charge in [-0.2, -0.15) is 0 Å². The topological polar surface area (TPSA) is 50.4 Å². The number of nitrogens with one attached hydrogen (secondary N) is 2. The lowest BCUT2D eigenvalue weighted by molar-refractivity contribution is 0.0606. The molecular weight excluding hydrogens is 376 g/mol. The van der Waals surface area contributed by atoms with E-state index in [4.69, 9.17) is 17.0 Å². The Bertz CT molecular complexity index is 938. The first-order chi connectivity index (χ1) is 13.0. The van der Waals surface area contributed by atoms with Crippen molar-refractivity contribution in [3.8, 4) is 0 Å². The molecule has 0 saturated carbocycles. The van der Waals surface area contributed by atoms with Crippen molar-refractivity contribution >= 4 is 50.4 Å². The minimum absolute atomic E-state index is 0.265. The number of aryl methyl sites for hydroxylation is 1. The Hall–Kier alpha value is -2.44. The first kappa shape index (κ1) is 19.3. The number of fused-ring (bicyclic) bond motifs is 1. The van der Waals surface area contributed by atoms with Crippen LogP contribution in [0.5, 0.6) is 0 Å². The number of thiocarbonyl (C=S) groups is 1. The molecule has 0 bridgehead atoms. The van der Waals surface area contributed by atoms with E-state index < -0.39 is 0 Å². The van der Waals surface area contributed by atoms with Gasteiger partial charge in [-0.3, -0.25) is 0 Å². The van der Waals surface area contributed by atoms with Crippen molar-refractivity contribution in [2.75, 3.05) is 12.4 Å². The zero-order chi connectivity index (χ0) is 19.2. The molecule has 0 unspecified atom stereocenters. The van der Waals surface area contributed by atoms with E-state index in [9.17, 15) is 4.79 Å². The van der Waals surface area contributed by atoms with Gasteiger partial charge in [0.25, 0.3) is 0 Å². The van der Waals surface area contributed by atoms with Crippen LogP contribution >= 0.6 is 23.6 Å². The number of carbonyl (C=O) groups excluding carboxylic acids is 1. The van der Waals surface area contributed by atoms with Crippen LogP contribution in [0, 0.1) is 0 Å². The Morgan fingerprint density at radius 1 is 1.19 bits per heavy atom. The summed E-state index contributed by atoms with van der Waals surface area (Å²) in [5.41, 5.74) is 2.22. The van der Waals surface area contributed by atoms with Gasteiger partial charge in [-0.05, 0) is 67.2 Å². The molecule has 0 aliphatic carbocycles. The second-order valence-electron chi connectivity index (χ2n) is 6.38. The van der Waals surface area contributed by atoms with Gasteiger partial charge in [0, 0.05) is 16.4 Å². The Morgan fingerprint density at radius 3 is 2.70 bits per heavy atom. The molecule has 2 N–H and O–H groups in total. The summed E-state index contributed by atoms with van der Waals surface area (Å²) in [6, 6.07) is 18.5. The molecule has 140 valence electrons. The van der Waals surface area contributed by atoms with Crippen LogP contribution in [-0.4, -0.2) is 24.2 Å². The molecule has 0 amide bonds. The monoisotopic (exact) mass is 398 g/mol. The fourth-order valence-corrected chi connectivity index (χ4v) is 4.09. The summed E-state index contributed by atoms with van der Waals surface area (Å²) in [6.07, 6.45) is 2.01. The lowest BCUT2D eigenvalue weighted by atomic mass is 10.1. The number of methoxy groups -OCH3 is 1. The predicted molar refractivity (Wildman–Crippen MR) is 117 cm³/mol. The maximum atomic E-state index is 11.7. The van der Waals surface area contributed by atoms with E-state index in [0.717, 1.165) is 28.6 Å². The third-order valence-corrected chi connectivity index (χ3v) is 5.56. The van der Waals surface area contributed by atoms with Gasteiger partial charge in [0.1, 0.15) is 4.88 Å². The molecule has 1 heterocycles. The third-order valence-electron chi connectivity index (χ3n) is 4.25. The second-order valence-corrected chi connectivity index (χ2v) is 7.87. The van der Waals surface area contributed by atoms with Gasteiger partial charge >= 0.3 is 5.97 Å². The molecule has 6 heteroatoms. The van der Waals surface area contributed by atoms with Crippen LogP contribution in [0.2, 0.25) is 0 Å². The molecule has 1 atom stereocenters. The van der Waals surface area contributed by atoms with E-state index in [2.05, 4.69) is 41.8 Å². The van der Waals surface area contributed by atoms with Crippen molar-refractivity contribution in [2.24, 2.45) is 0 Å². The Kier molecular flexibility index (Phi) is 6.42. The number of hydrogen-bond acceptors (Lipinski definition) is 4. The molecule has 0 aliphatic heterocycles. The van der Waals surface area contributed by atoms with Crippen molar-refractivity contribution < 1.29 is 9.53 Å². The predicted octanol–water partition coefficient (Wildman–Crippen LogP) is 5.00. The molecule has 0 aliphatic rings. The average molecular weight is 399 g/mol. The fraction of sp³-hybridized carbons (Fsp3) is 0.238. The highest BCUT2D eigenvalue weighted by Gasteiger charge is 2.11. The highest BCUT2D eigenvalue weighted by molar-refractivity contribution is 7.80. The number of anilines is 1. The van der Waals surface area contributed by atoms with E-state index in [1.54, 1.807) is 0 Å². The minimum atomic E-state index is -0.310. The Morgan fingerprint density at radius 2 is 1.96 bits per heavy atom. The highest BCUT2D eigenvalue weighted by atomic mass is 32.1. The van der Waals surface area contributed by atoms with Crippen LogP contribution in [0.15, 0.2) is 54.6 Å². The van der Waals surface area contributed by atoms with Gasteiger partial charge in [0.05, 0.1) is 7.11 Å². The molecule has 0 saturated heterocycles. The van der Waals surface area contributed by atoms with Crippen molar-refractivity contribution in [1.29, 1.82) is 0 Å². The molecule has 2 aromatic carbocycles. The maximum absolute atomic E-state index is 11.7. The van der Waals surface area contributed by atoms with Crippen molar-refractivity contribution in [2.45, 2.75) is 25.8 Å². The van der Waals surface area contributed by atoms with E-state index in [1.165, 1.54) is 24.0 Å². The number of hydrogen-bond donors (Lipinski definition) is 2. The van der Waals surface area contributed by atoms with Crippen molar-refractivity contribution in [3.05, 3.63) is 65.0 Å². The molecule has 4 nitrogen and oxygen atoms in total. The molecule has 0 radical (unpaired) electrons. The zero-order valence-electron chi connectivity index (χ0n) is 15.3. The maximum Gasteiger partial charge on any atom is 0.348 e. The van der Waals surface area contributed by atoms with Crippen LogP contribution in [0.25, 0.3) is 10.1 Å². The molecule has 3 aromatic rings. The fourth-order valence-electron chi connectivity index (χ4n) is 2.81. The Labute approximate surface area is 168 Å². The van der Waals surface area contributed by atoms with E-state index in [-0.39, 0.29) is 12.0 Å². The number of rotatable bonds is 6. The number of benzene rings is 2. The third kappa shape index (κ3) is 5.28. The molecular formula is C21H22N2O2S2. The smallest absolute Gasteiger partial charge is 0.348 e. The average Bonchev–Trinajstić information content (AvgIpc) is 3.10. The summed E-state index contributed by atoms with van der Waals surface area (Å²) < 4.78 is 5.82. The van der Waals surface area contributed by atoms with E-state index in [1.807, 2.05) is 30.3 Å². The summed E-state index contributed by atoms with van der Waals surface area (Å²) in [6.45, 7) is 2.13. The van der Waals surface area contributed by atoms with Crippen LogP contribution in [0.3, 0.4) is 0 Å². The van der Waals surface area contributed by atoms with Gasteiger partial charge in [-0.15, -0.1) is 11.3 Å². The van der Waals surface area contributed by atoms with Crippen LogP contribution < -0.4 is 10.6 Å². The van der Waals surface area contributed by atoms with Crippen LogP contribution in [0.1, 0.15) is 28.6 Å². The van der Waals surface area contributed by atoms with Gasteiger partial charge in [0.2, 0.25) is 0 Å². The molecule has 27 heavy (non-hydrogen) atoms.